The smallest absolute Gasteiger partial charge is 0.310 e. The molecule has 1 aliphatic carbocycles. The predicted octanol–water partition coefficient (Wildman–Crippen LogP) is 1.44. The zero-order chi connectivity index (χ0) is 15.0. The second-order valence-corrected chi connectivity index (χ2v) is 5.73. The van der Waals surface area contributed by atoms with Gasteiger partial charge in [0.2, 0.25) is 5.91 Å². The van der Waals surface area contributed by atoms with Crippen molar-refractivity contribution < 1.29 is 9.72 Å². The second-order valence-electron chi connectivity index (χ2n) is 5.73. The normalized spacial score (nSPS) is 21.4. The fraction of sp³-hybridized carbons (Fsp3) is 0.571. The van der Waals surface area contributed by atoms with E-state index in [1.807, 2.05) is 16.8 Å². The van der Waals surface area contributed by atoms with Gasteiger partial charge in [-0.1, -0.05) is 0 Å². The number of aromatic nitrogens is 1. The minimum absolute atomic E-state index is 0.00645. The first-order chi connectivity index (χ1) is 10.1. The monoisotopic (exact) mass is 290 g/mol. The third-order valence-electron chi connectivity index (χ3n) is 4.30. The van der Waals surface area contributed by atoms with Crippen LogP contribution < -0.4 is 4.90 Å². The van der Waals surface area contributed by atoms with Gasteiger partial charge >= 0.3 is 5.69 Å². The van der Waals surface area contributed by atoms with Crippen molar-refractivity contribution in [3.8, 4) is 0 Å². The molecule has 1 unspecified atom stereocenters. The molecule has 0 spiro atoms. The fourth-order valence-electron chi connectivity index (χ4n) is 2.86. The number of rotatable bonds is 4. The number of likely N-dealkylation sites (N-methyl/N-ethyl adjacent to an activating group) is 1. The first kappa shape index (κ1) is 13.8. The maximum atomic E-state index is 12.1. The lowest BCUT2D eigenvalue weighted by molar-refractivity contribution is -0.384. The molecule has 112 valence electrons. The second kappa shape index (κ2) is 5.31. The Bertz CT molecular complexity index is 573. The Morgan fingerprint density at radius 3 is 2.90 bits per heavy atom. The average Bonchev–Trinajstić information content (AvgIpc) is 3.22. The molecule has 21 heavy (non-hydrogen) atoms. The Morgan fingerprint density at radius 2 is 2.24 bits per heavy atom. The van der Waals surface area contributed by atoms with Crippen LogP contribution >= 0.6 is 0 Å². The Balaban J connectivity index is 1.73. The van der Waals surface area contributed by atoms with E-state index in [1.54, 1.807) is 12.3 Å². The molecule has 1 aliphatic heterocycles. The summed E-state index contributed by atoms with van der Waals surface area (Å²) < 4.78 is 0. The van der Waals surface area contributed by atoms with Crippen LogP contribution in [0.4, 0.5) is 11.4 Å². The van der Waals surface area contributed by atoms with Gasteiger partial charge in [0.25, 0.3) is 0 Å². The molecular formula is C14H18N4O3. The lowest BCUT2D eigenvalue weighted by atomic mass is 10.2. The van der Waals surface area contributed by atoms with Gasteiger partial charge in [-0.3, -0.25) is 19.9 Å². The Morgan fingerprint density at radius 1 is 1.48 bits per heavy atom. The molecule has 1 atom stereocenters. The number of pyridine rings is 1. The number of carbonyl (C=O) groups excluding carboxylic acids is 1. The number of likely N-dealkylation sites (tertiary alicyclic amines) is 1. The third-order valence-corrected chi connectivity index (χ3v) is 4.30. The van der Waals surface area contributed by atoms with E-state index in [2.05, 4.69) is 4.98 Å². The molecule has 3 rings (SSSR count). The van der Waals surface area contributed by atoms with Crippen LogP contribution in [0.5, 0.6) is 0 Å². The van der Waals surface area contributed by atoms with Crippen LogP contribution in [0.1, 0.15) is 19.3 Å². The summed E-state index contributed by atoms with van der Waals surface area (Å²) in [4.78, 5) is 30.4. The summed E-state index contributed by atoms with van der Waals surface area (Å²) in [5.41, 5.74) is 0.563. The number of hydrogen-bond donors (Lipinski definition) is 0. The van der Waals surface area contributed by atoms with Gasteiger partial charge in [-0.2, -0.15) is 0 Å². The molecule has 2 fully saturated rings. The van der Waals surface area contributed by atoms with Crippen LogP contribution in [-0.2, 0) is 4.79 Å². The van der Waals surface area contributed by atoms with E-state index < -0.39 is 4.92 Å². The quantitative estimate of drug-likeness (QED) is 0.619. The molecule has 1 amide bonds. The summed E-state index contributed by atoms with van der Waals surface area (Å²) >= 11 is 0. The van der Waals surface area contributed by atoms with Crippen molar-refractivity contribution in [2.45, 2.75) is 25.3 Å². The zero-order valence-corrected chi connectivity index (χ0v) is 11.9. The first-order valence-electron chi connectivity index (χ1n) is 7.18. The van der Waals surface area contributed by atoms with Crippen LogP contribution in [-0.4, -0.2) is 46.9 Å². The van der Waals surface area contributed by atoms with Gasteiger partial charge in [-0.15, -0.1) is 0 Å². The SMILES string of the molecule is CN(c1ccncc1[N+](=O)[O-])C1CCN(C(=O)C2CC2)C1. The Hall–Kier alpha value is -2.18. The highest BCUT2D eigenvalue weighted by molar-refractivity contribution is 5.81. The standard InChI is InChI=1S/C14H18N4O3/c1-16(12-4-6-15-8-13(12)18(20)21)11-5-7-17(9-11)14(19)10-2-3-10/h4,6,8,10-11H,2-3,5,7,9H2,1H3. The molecule has 0 radical (unpaired) electrons. The van der Waals surface area contributed by atoms with Gasteiger partial charge in [0.15, 0.2) is 0 Å². The molecular weight excluding hydrogens is 272 g/mol. The summed E-state index contributed by atoms with van der Waals surface area (Å²) in [5, 5.41) is 11.1. The minimum Gasteiger partial charge on any atom is -0.364 e. The summed E-state index contributed by atoms with van der Waals surface area (Å²) in [6.07, 6.45) is 5.68. The van der Waals surface area contributed by atoms with Gasteiger partial charge in [-0.05, 0) is 25.3 Å². The molecule has 7 nitrogen and oxygen atoms in total. The maximum Gasteiger partial charge on any atom is 0.310 e. The average molecular weight is 290 g/mol. The molecule has 0 aromatic carbocycles. The lowest BCUT2D eigenvalue weighted by Crippen LogP contribution is -2.37. The van der Waals surface area contributed by atoms with Gasteiger partial charge in [-0.25, -0.2) is 0 Å². The van der Waals surface area contributed by atoms with Crippen LogP contribution in [0.15, 0.2) is 18.5 Å². The van der Waals surface area contributed by atoms with Gasteiger partial charge < -0.3 is 9.80 Å². The van der Waals surface area contributed by atoms with Gasteiger partial charge in [0, 0.05) is 38.3 Å². The van der Waals surface area contributed by atoms with Crippen molar-refractivity contribution >= 4 is 17.3 Å². The van der Waals surface area contributed by atoms with E-state index >= 15 is 0 Å². The van der Waals surface area contributed by atoms with E-state index in [0.717, 1.165) is 25.8 Å². The summed E-state index contributed by atoms with van der Waals surface area (Å²) in [6, 6.07) is 1.78. The summed E-state index contributed by atoms with van der Waals surface area (Å²) in [7, 11) is 1.85. The van der Waals surface area contributed by atoms with Crippen molar-refractivity contribution in [3.05, 3.63) is 28.6 Å². The van der Waals surface area contributed by atoms with E-state index in [9.17, 15) is 14.9 Å². The minimum atomic E-state index is -0.416. The number of hydrogen-bond acceptors (Lipinski definition) is 5. The summed E-state index contributed by atoms with van der Waals surface area (Å²) in [6.45, 7) is 1.38. The number of nitrogens with zero attached hydrogens (tertiary/aromatic N) is 4. The Kier molecular flexibility index (Phi) is 3.48. The molecule has 2 heterocycles. The predicted molar refractivity (Wildman–Crippen MR) is 77.0 cm³/mol. The fourth-order valence-corrected chi connectivity index (χ4v) is 2.86. The van der Waals surface area contributed by atoms with Crippen molar-refractivity contribution in [3.63, 3.8) is 0 Å². The maximum absolute atomic E-state index is 12.1. The largest absolute Gasteiger partial charge is 0.364 e. The lowest BCUT2D eigenvalue weighted by Gasteiger charge is -2.26. The van der Waals surface area contributed by atoms with E-state index in [-0.39, 0.29) is 23.6 Å². The van der Waals surface area contributed by atoms with Gasteiger partial charge in [0.1, 0.15) is 11.9 Å². The molecule has 0 bridgehead atoms. The van der Waals surface area contributed by atoms with Gasteiger partial charge in [0.05, 0.1) is 4.92 Å². The third kappa shape index (κ3) is 2.68. The van der Waals surface area contributed by atoms with Crippen molar-refractivity contribution in [2.75, 3.05) is 25.0 Å². The van der Waals surface area contributed by atoms with Crippen LogP contribution in [0.25, 0.3) is 0 Å². The van der Waals surface area contributed by atoms with Crippen molar-refractivity contribution in [2.24, 2.45) is 5.92 Å². The molecule has 7 heteroatoms. The highest BCUT2D eigenvalue weighted by Gasteiger charge is 2.38. The van der Waals surface area contributed by atoms with Crippen LogP contribution in [0, 0.1) is 16.0 Å². The highest BCUT2D eigenvalue weighted by atomic mass is 16.6. The number of nitro groups is 1. The van der Waals surface area contributed by atoms with E-state index in [4.69, 9.17) is 0 Å². The number of anilines is 1. The summed E-state index contributed by atoms with van der Waals surface area (Å²) in [5.74, 6) is 0.472. The first-order valence-corrected chi connectivity index (χ1v) is 7.18. The molecule has 1 aromatic heterocycles. The van der Waals surface area contributed by atoms with Crippen molar-refractivity contribution in [1.82, 2.24) is 9.88 Å². The molecule has 2 aliphatic rings. The topological polar surface area (TPSA) is 79.6 Å². The van der Waals surface area contributed by atoms with Crippen LogP contribution in [0.3, 0.4) is 0 Å². The Labute approximate surface area is 122 Å². The van der Waals surface area contributed by atoms with Crippen molar-refractivity contribution in [1.29, 1.82) is 0 Å². The van der Waals surface area contributed by atoms with Crippen LogP contribution in [0.2, 0.25) is 0 Å². The number of amides is 1. The number of carbonyl (C=O) groups is 1. The zero-order valence-electron chi connectivity index (χ0n) is 11.9. The molecule has 1 saturated carbocycles. The van der Waals surface area contributed by atoms with E-state index in [1.165, 1.54) is 6.20 Å². The molecule has 0 N–H and O–H groups in total. The molecule has 1 saturated heterocycles. The molecule has 1 aromatic rings. The van der Waals surface area contributed by atoms with E-state index in [0.29, 0.717) is 12.2 Å². The highest BCUT2D eigenvalue weighted by Crippen LogP contribution is 2.34.